The molecule has 0 atom stereocenters. The molecule has 4 aromatic carbocycles. The van der Waals surface area contributed by atoms with Gasteiger partial charge in [-0.2, -0.15) is 0 Å². The van der Waals surface area contributed by atoms with E-state index in [9.17, 15) is 9.59 Å². The third-order valence-corrected chi connectivity index (χ3v) is 9.34. The molecule has 0 aliphatic heterocycles. The first kappa shape index (κ1) is 33.8. The minimum Gasteiger partial charge on any atom is -0.340 e. The predicted octanol–water partition coefficient (Wildman–Crippen LogP) is 9.41. The summed E-state index contributed by atoms with van der Waals surface area (Å²) in [6.07, 6.45) is 0. The summed E-state index contributed by atoms with van der Waals surface area (Å²) < 4.78 is 0.922. The van der Waals surface area contributed by atoms with Gasteiger partial charge in [-0.05, 0) is 84.6 Å². The fraction of sp³-hybridized carbons (Fsp3) is 0.125. The number of thioether (sulfide) groups is 2. The van der Waals surface area contributed by atoms with Crippen molar-refractivity contribution in [1.29, 1.82) is 0 Å². The highest BCUT2D eigenvalue weighted by atomic mass is 35.5. The lowest BCUT2D eigenvalue weighted by atomic mass is 10.00. The summed E-state index contributed by atoms with van der Waals surface area (Å²) in [5.41, 5.74) is 6.68. The number of hydrogen-bond acceptors (Lipinski definition) is 6. The normalized spacial score (nSPS) is 10.5. The Labute approximate surface area is 286 Å². The van der Waals surface area contributed by atoms with Crippen molar-refractivity contribution in [3.8, 4) is 11.1 Å². The van der Waals surface area contributed by atoms with Gasteiger partial charge in [0.1, 0.15) is 8.64 Å². The molecule has 44 heavy (non-hydrogen) atoms. The largest absolute Gasteiger partial charge is 0.340 e. The molecule has 0 heterocycles. The fourth-order valence-corrected chi connectivity index (χ4v) is 5.99. The van der Waals surface area contributed by atoms with Crippen molar-refractivity contribution >= 4 is 114 Å². The van der Waals surface area contributed by atoms with Crippen molar-refractivity contribution in [1.82, 2.24) is 0 Å². The van der Waals surface area contributed by atoms with E-state index in [1.54, 1.807) is 12.1 Å². The van der Waals surface area contributed by atoms with Crippen LogP contribution in [0.15, 0.2) is 84.9 Å². The van der Waals surface area contributed by atoms with Crippen molar-refractivity contribution < 1.29 is 9.59 Å². The van der Waals surface area contributed by atoms with Crippen molar-refractivity contribution in [2.75, 3.05) is 32.8 Å². The molecule has 0 spiro atoms. The Bertz CT molecular complexity index is 1590. The number of aryl methyl sites for hydroxylation is 2. The minimum absolute atomic E-state index is 0.159. The van der Waals surface area contributed by atoms with Crippen LogP contribution in [0.25, 0.3) is 11.1 Å². The first-order chi connectivity index (χ1) is 21.1. The Morgan fingerprint density at radius 2 is 0.977 bits per heavy atom. The number of carbonyl (C=O) groups excluding carboxylic acids is 2. The monoisotopic (exact) mass is 698 g/mol. The van der Waals surface area contributed by atoms with Crippen LogP contribution >= 0.6 is 71.2 Å². The van der Waals surface area contributed by atoms with Crippen molar-refractivity contribution in [2.45, 2.75) is 13.8 Å². The summed E-state index contributed by atoms with van der Waals surface area (Å²) in [7, 11) is 0. The predicted molar refractivity (Wildman–Crippen MR) is 199 cm³/mol. The third kappa shape index (κ3) is 9.95. The van der Waals surface area contributed by atoms with E-state index >= 15 is 0 Å². The van der Waals surface area contributed by atoms with Gasteiger partial charge >= 0.3 is 0 Å². The summed E-state index contributed by atoms with van der Waals surface area (Å²) in [6, 6.07) is 26.3. The quantitative estimate of drug-likeness (QED) is 0.129. The number of benzene rings is 4. The Morgan fingerprint density at radius 3 is 1.34 bits per heavy atom. The lowest BCUT2D eigenvalue weighted by Gasteiger charge is -2.13. The summed E-state index contributed by atoms with van der Waals surface area (Å²) in [5, 5.41) is 13.1. The average Bonchev–Trinajstić information content (AvgIpc) is 2.99. The molecule has 0 aliphatic rings. The van der Waals surface area contributed by atoms with Gasteiger partial charge < -0.3 is 21.3 Å². The number of rotatable bonds is 9. The van der Waals surface area contributed by atoms with E-state index < -0.39 is 0 Å². The maximum atomic E-state index is 12.6. The van der Waals surface area contributed by atoms with Crippen LogP contribution in [0.5, 0.6) is 0 Å². The number of anilines is 4. The Hall–Kier alpha value is -3.12. The topological polar surface area (TPSA) is 82.3 Å². The van der Waals surface area contributed by atoms with Gasteiger partial charge in [0.15, 0.2) is 0 Å². The maximum absolute atomic E-state index is 12.6. The number of amides is 2. The average molecular weight is 700 g/mol. The molecule has 0 saturated heterocycles. The molecule has 0 radical (unpaired) electrons. The molecular formula is C32H28Cl2N4O2S4. The van der Waals surface area contributed by atoms with Gasteiger partial charge in [0.25, 0.3) is 0 Å². The fourth-order valence-electron chi connectivity index (χ4n) is 4.02. The van der Waals surface area contributed by atoms with E-state index in [1.165, 1.54) is 23.5 Å². The number of carbonyl (C=O) groups is 2. The zero-order valence-corrected chi connectivity index (χ0v) is 28.5. The zero-order chi connectivity index (χ0) is 31.6. The summed E-state index contributed by atoms with van der Waals surface area (Å²) >= 11 is 25.5. The van der Waals surface area contributed by atoms with Crippen molar-refractivity contribution in [3.05, 3.63) is 106 Å². The molecule has 0 aliphatic carbocycles. The van der Waals surface area contributed by atoms with Gasteiger partial charge in [0, 0.05) is 11.4 Å². The highest BCUT2D eigenvalue weighted by Gasteiger charge is 2.12. The van der Waals surface area contributed by atoms with Crippen LogP contribution in [0, 0.1) is 13.8 Å². The van der Waals surface area contributed by atoms with Gasteiger partial charge in [0.2, 0.25) is 11.8 Å². The van der Waals surface area contributed by atoms with Crippen molar-refractivity contribution in [2.24, 2.45) is 0 Å². The molecule has 0 saturated carbocycles. The molecular weight excluding hydrogens is 672 g/mol. The number of hydrogen-bond donors (Lipinski definition) is 4. The Balaban J connectivity index is 1.27. The summed E-state index contributed by atoms with van der Waals surface area (Å²) in [4.78, 5) is 25.2. The van der Waals surface area contributed by atoms with Gasteiger partial charge in [-0.1, -0.05) is 108 Å². The smallest absolute Gasteiger partial charge is 0.234 e. The van der Waals surface area contributed by atoms with Crippen LogP contribution in [0.4, 0.5) is 22.7 Å². The third-order valence-electron chi connectivity index (χ3n) is 6.22. The van der Waals surface area contributed by atoms with Gasteiger partial charge in [-0.3, -0.25) is 9.59 Å². The minimum atomic E-state index is -0.163. The van der Waals surface area contributed by atoms with E-state index in [4.69, 9.17) is 47.6 Å². The highest BCUT2D eigenvalue weighted by molar-refractivity contribution is 8.24. The molecule has 4 N–H and O–H groups in total. The van der Waals surface area contributed by atoms with Gasteiger partial charge in [-0.25, -0.2) is 0 Å². The molecule has 0 unspecified atom stereocenters. The first-order valence-corrected chi connectivity index (χ1v) is 16.8. The van der Waals surface area contributed by atoms with Gasteiger partial charge in [0.05, 0.1) is 32.9 Å². The number of para-hydroxylation sites is 2. The number of halogens is 2. The number of nitrogens with one attached hydrogen (secondary N) is 4. The molecule has 0 bridgehead atoms. The molecule has 226 valence electrons. The van der Waals surface area contributed by atoms with Crippen LogP contribution in [-0.2, 0) is 9.59 Å². The summed E-state index contributed by atoms with van der Waals surface area (Å²) in [5.74, 6) is -0.00901. The van der Waals surface area contributed by atoms with E-state index in [0.717, 1.165) is 33.6 Å². The second-order valence-electron chi connectivity index (χ2n) is 9.52. The standard InChI is InChI=1S/C32H28Cl2N4O2S4/c1-19-15-21(11-13-25(19)35-29(39)17-43-31(41)37-27-9-5-3-7-23(27)33)22-12-14-26(20(2)16-22)36-30(40)18-44-32(42)38-28-10-6-4-8-24(28)34/h3-16H,17-18H2,1-2H3,(H,35,39)(H,36,40)(H,37,41)(H,38,42). The van der Waals surface area contributed by atoms with E-state index in [-0.39, 0.29) is 23.3 Å². The molecule has 2 amide bonds. The summed E-state index contributed by atoms with van der Waals surface area (Å²) in [6.45, 7) is 3.89. The van der Waals surface area contributed by atoms with Crippen LogP contribution in [0.1, 0.15) is 11.1 Å². The molecule has 0 aromatic heterocycles. The second kappa shape index (κ2) is 16.3. The van der Waals surface area contributed by atoms with Crippen LogP contribution < -0.4 is 21.3 Å². The lowest BCUT2D eigenvalue weighted by molar-refractivity contribution is -0.114. The second-order valence-corrected chi connectivity index (χ2v) is 13.6. The van der Waals surface area contributed by atoms with E-state index in [2.05, 4.69) is 21.3 Å². The first-order valence-electron chi connectivity index (χ1n) is 13.3. The Kier molecular flexibility index (Phi) is 12.5. The maximum Gasteiger partial charge on any atom is 0.234 e. The van der Waals surface area contributed by atoms with Gasteiger partial charge in [-0.15, -0.1) is 0 Å². The molecule has 4 rings (SSSR count). The van der Waals surface area contributed by atoms with Crippen LogP contribution in [0.3, 0.4) is 0 Å². The number of thiocarbonyl (C=S) groups is 2. The molecule has 0 fully saturated rings. The molecule has 12 heteroatoms. The van der Waals surface area contributed by atoms with E-state index in [0.29, 0.717) is 30.1 Å². The zero-order valence-electron chi connectivity index (χ0n) is 23.7. The SMILES string of the molecule is Cc1cc(-c2ccc(NC(=O)CSC(=S)Nc3ccccc3Cl)c(C)c2)ccc1NC(=O)CSC(=S)Nc1ccccc1Cl. The van der Waals surface area contributed by atoms with Crippen LogP contribution in [-0.4, -0.2) is 32.0 Å². The van der Waals surface area contributed by atoms with Crippen molar-refractivity contribution in [3.63, 3.8) is 0 Å². The Morgan fingerprint density at radius 1 is 0.591 bits per heavy atom. The van der Waals surface area contributed by atoms with E-state index in [1.807, 2.05) is 86.6 Å². The lowest BCUT2D eigenvalue weighted by Crippen LogP contribution is -2.17. The highest BCUT2D eigenvalue weighted by Crippen LogP contribution is 2.29. The molecule has 4 aromatic rings. The van der Waals surface area contributed by atoms with Crippen LogP contribution in [0.2, 0.25) is 10.0 Å². The molecule has 6 nitrogen and oxygen atoms in total.